The Morgan fingerprint density at radius 2 is 2.20 bits per heavy atom. The minimum atomic E-state index is -0.613. The maximum Gasteiger partial charge on any atom is 0.122 e. The molecule has 4 nitrogen and oxygen atoms in total. The summed E-state index contributed by atoms with van der Waals surface area (Å²) in [4.78, 5) is 0. The van der Waals surface area contributed by atoms with Crippen molar-refractivity contribution in [3.05, 3.63) is 18.0 Å². The Hall–Kier alpha value is -0.870. The third-order valence-corrected chi connectivity index (χ3v) is 2.59. The first-order valence-corrected chi connectivity index (χ1v) is 5.34. The molecule has 2 atom stereocenters. The number of aliphatic hydroxyl groups excluding tert-OH is 1. The topological polar surface area (TPSA) is 47.3 Å². The van der Waals surface area contributed by atoms with Crippen molar-refractivity contribution in [2.24, 2.45) is 5.92 Å². The zero-order valence-electron chi connectivity index (χ0n) is 9.84. The van der Waals surface area contributed by atoms with Crippen molar-refractivity contribution in [3.8, 4) is 0 Å². The Morgan fingerprint density at radius 1 is 1.53 bits per heavy atom. The fourth-order valence-electron chi connectivity index (χ4n) is 1.79. The van der Waals surface area contributed by atoms with Crippen LogP contribution in [0, 0.1) is 5.92 Å². The highest BCUT2D eigenvalue weighted by atomic mass is 16.5. The molecule has 86 valence electrons. The smallest absolute Gasteiger partial charge is 0.122 e. The Morgan fingerprint density at radius 3 is 2.67 bits per heavy atom. The summed E-state index contributed by atoms with van der Waals surface area (Å²) in [6.07, 6.45) is 0.902. The average Bonchev–Trinajstić information content (AvgIpc) is 2.65. The molecule has 1 heterocycles. The third-order valence-electron chi connectivity index (χ3n) is 2.59. The molecule has 0 radical (unpaired) electrons. The Kier molecular flexibility index (Phi) is 4.29. The number of aromatic nitrogens is 2. The monoisotopic (exact) mass is 212 g/mol. The highest BCUT2D eigenvalue weighted by Gasteiger charge is 2.26. The number of hydrogen-bond acceptors (Lipinski definition) is 3. The van der Waals surface area contributed by atoms with Crippen LogP contribution in [-0.4, -0.2) is 28.1 Å². The van der Waals surface area contributed by atoms with E-state index in [2.05, 4.69) is 5.10 Å². The van der Waals surface area contributed by atoms with E-state index in [9.17, 15) is 5.11 Å². The van der Waals surface area contributed by atoms with Gasteiger partial charge in [0.2, 0.25) is 0 Å². The summed E-state index contributed by atoms with van der Waals surface area (Å²) in [7, 11) is 1.63. The van der Waals surface area contributed by atoms with Crippen molar-refractivity contribution in [3.63, 3.8) is 0 Å². The normalized spacial score (nSPS) is 15.6. The quantitative estimate of drug-likeness (QED) is 0.806. The molecule has 0 aliphatic heterocycles. The lowest BCUT2D eigenvalue weighted by atomic mass is 9.99. The van der Waals surface area contributed by atoms with Crippen LogP contribution in [0.15, 0.2) is 12.3 Å². The molecule has 0 fully saturated rings. The molecule has 0 aliphatic rings. The summed E-state index contributed by atoms with van der Waals surface area (Å²) in [6.45, 7) is 6.82. The van der Waals surface area contributed by atoms with Gasteiger partial charge in [-0.25, -0.2) is 0 Å². The van der Waals surface area contributed by atoms with Crippen LogP contribution in [0.1, 0.15) is 32.6 Å². The fourth-order valence-corrected chi connectivity index (χ4v) is 1.79. The van der Waals surface area contributed by atoms with E-state index in [0.29, 0.717) is 0 Å². The Bertz CT molecular complexity index is 297. The van der Waals surface area contributed by atoms with Gasteiger partial charge in [-0.15, -0.1) is 0 Å². The molecule has 15 heavy (non-hydrogen) atoms. The van der Waals surface area contributed by atoms with Gasteiger partial charge in [-0.3, -0.25) is 4.68 Å². The van der Waals surface area contributed by atoms with Crippen LogP contribution >= 0.6 is 0 Å². The van der Waals surface area contributed by atoms with E-state index in [1.807, 2.05) is 26.8 Å². The first-order chi connectivity index (χ1) is 7.11. The van der Waals surface area contributed by atoms with E-state index in [-0.39, 0.29) is 12.0 Å². The van der Waals surface area contributed by atoms with E-state index < -0.39 is 6.10 Å². The molecule has 0 amide bonds. The summed E-state index contributed by atoms with van der Waals surface area (Å²) in [6, 6.07) is 1.84. The summed E-state index contributed by atoms with van der Waals surface area (Å²) in [5.41, 5.74) is 0.818. The lowest BCUT2D eigenvalue weighted by Crippen LogP contribution is -2.28. The lowest BCUT2D eigenvalue weighted by molar-refractivity contribution is -0.0427. The zero-order chi connectivity index (χ0) is 11.4. The van der Waals surface area contributed by atoms with Crippen LogP contribution < -0.4 is 0 Å². The van der Waals surface area contributed by atoms with Crippen LogP contribution in [0.5, 0.6) is 0 Å². The van der Waals surface area contributed by atoms with Crippen molar-refractivity contribution < 1.29 is 9.84 Å². The van der Waals surface area contributed by atoms with E-state index in [4.69, 9.17) is 4.74 Å². The molecule has 0 saturated carbocycles. The molecule has 0 saturated heterocycles. The highest BCUT2D eigenvalue weighted by molar-refractivity contribution is 5.06. The molecule has 1 aromatic heterocycles. The lowest BCUT2D eigenvalue weighted by Gasteiger charge is -2.25. The molecule has 0 aromatic carbocycles. The first kappa shape index (κ1) is 12.2. The third kappa shape index (κ3) is 2.58. The van der Waals surface area contributed by atoms with Crippen molar-refractivity contribution >= 4 is 0 Å². The first-order valence-electron chi connectivity index (χ1n) is 5.34. The number of nitrogens with zero attached hydrogens (tertiary/aromatic N) is 2. The van der Waals surface area contributed by atoms with Crippen LogP contribution in [0.3, 0.4) is 0 Å². The Labute approximate surface area is 90.9 Å². The van der Waals surface area contributed by atoms with Crippen LogP contribution in [0.4, 0.5) is 0 Å². The van der Waals surface area contributed by atoms with Crippen LogP contribution in [0.2, 0.25) is 0 Å². The fraction of sp³-hybridized carbons (Fsp3) is 0.727. The second-order valence-corrected chi connectivity index (χ2v) is 3.96. The number of hydrogen-bond donors (Lipinski definition) is 1. The molecule has 1 N–H and O–H groups in total. The molecule has 0 spiro atoms. The summed E-state index contributed by atoms with van der Waals surface area (Å²) in [5, 5.41) is 14.3. The summed E-state index contributed by atoms with van der Waals surface area (Å²) >= 11 is 0. The Balaban J connectivity index is 2.87. The minimum Gasteiger partial charge on any atom is -0.384 e. The largest absolute Gasteiger partial charge is 0.384 e. The predicted molar refractivity (Wildman–Crippen MR) is 58.5 cm³/mol. The molecular formula is C11H20N2O2. The molecule has 0 bridgehead atoms. The minimum absolute atomic E-state index is 0.188. The molecule has 1 rings (SSSR count). The molecule has 2 unspecified atom stereocenters. The highest BCUT2D eigenvalue weighted by Crippen LogP contribution is 2.23. The summed E-state index contributed by atoms with van der Waals surface area (Å²) in [5.74, 6) is 0.269. The second kappa shape index (κ2) is 5.28. The van der Waals surface area contributed by atoms with Gasteiger partial charge in [-0.05, 0) is 18.9 Å². The standard InChI is InChI=1S/C11H20N2O2/c1-5-13-9(6-7-12-13)10(14)11(15-4)8(2)3/h6-8,10-11,14H,5H2,1-4H3. The van der Waals surface area contributed by atoms with Gasteiger partial charge in [-0.1, -0.05) is 13.8 Å². The predicted octanol–water partition coefficient (Wildman–Crippen LogP) is 1.61. The van der Waals surface area contributed by atoms with Crippen LogP contribution in [-0.2, 0) is 11.3 Å². The number of aryl methyl sites for hydroxylation is 1. The maximum absolute atomic E-state index is 10.2. The second-order valence-electron chi connectivity index (χ2n) is 3.96. The molecule has 0 aliphatic carbocycles. The van der Waals surface area contributed by atoms with Crippen molar-refractivity contribution in [1.82, 2.24) is 9.78 Å². The van der Waals surface area contributed by atoms with E-state index in [1.165, 1.54) is 0 Å². The molecule has 1 aromatic rings. The number of aliphatic hydroxyl groups is 1. The van der Waals surface area contributed by atoms with Crippen molar-refractivity contribution in [2.45, 2.75) is 39.5 Å². The van der Waals surface area contributed by atoms with E-state index >= 15 is 0 Å². The van der Waals surface area contributed by atoms with Gasteiger partial charge in [0, 0.05) is 19.9 Å². The number of rotatable bonds is 5. The van der Waals surface area contributed by atoms with E-state index in [0.717, 1.165) is 12.2 Å². The van der Waals surface area contributed by atoms with E-state index in [1.54, 1.807) is 18.0 Å². The number of ether oxygens (including phenoxy) is 1. The average molecular weight is 212 g/mol. The molecule has 4 heteroatoms. The van der Waals surface area contributed by atoms with Gasteiger partial charge in [0.25, 0.3) is 0 Å². The SMILES string of the molecule is CCn1nccc1C(O)C(OC)C(C)C. The van der Waals surface area contributed by atoms with Gasteiger partial charge in [-0.2, -0.15) is 5.10 Å². The van der Waals surface area contributed by atoms with Crippen LogP contribution in [0.25, 0.3) is 0 Å². The van der Waals surface area contributed by atoms with Gasteiger partial charge < -0.3 is 9.84 Å². The zero-order valence-corrected chi connectivity index (χ0v) is 9.84. The van der Waals surface area contributed by atoms with Gasteiger partial charge >= 0.3 is 0 Å². The van der Waals surface area contributed by atoms with Crippen molar-refractivity contribution in [1.29, 1.82) is 0 Å². The molecular weight excluding hydrogens is 192 g/mol. The summed E-state index contributed by atoms with van der Waals surface area (Å²) < 4.78 is 7.10. The van der Waals surface area contributed by atoms with Crippen molar-refractivity contribution in [2.75, 3.05) is 7.11 Å². The van der Waals surface area contributed by atoms with Gasteiger partial charge in [0.05, 0.1) is 11.8 Å². The van der Waals surface area contributed by atoms with Gasteiger partial charge in [0.1, 0.15) is 6.10 Å². The van der Waals surface area contributed by atoms with Gasteiger partial charge in [0.15, 0.2) is 0 Å². The number of methoxy groups -OCH3 is 1. The maximum atomic E-state index is 10.2.